The largest absolute Gasteiger partial charge is 0.369 e. The fraction of sp³-hybridized carbons (Fsp3) is 0.571. The molecule has 0 saturated heterocycles. The SMILES string of the molecule is NC(=O)[C@H]1CCC=C[C@H]1N. The lowest BCUT2D eigenvalue weighted by Gasteiger charge is -2.20. The first kappa shape index (κ1) is 7.28. The molecule has 1 aliphatic rings. The van der Waals surface area contributed by atoms with E-state index in [0.717, 1.165) is 12.8 Å². The number of hydrogen-bond acceptors (Lipinski definition) is 2. The van der Waals surface area contributed by atoms with Crippen molar-refractivity contribution in [2.75, 3.05) is 0 Å². The van der Waals surface area contributed by atoms with Gasteiger partial charge in [0, 0.05) is 6.04 Å². The van der Waals surface area contributed by atoms with E-state index in [1.807, 2.05) is 12.2 Å². The molecule has 3 heteroatoms. The Hall–Kier alpha value is -0.830. The molecule has 0 aliphatic heterocycles. The van der Waals surface area contributed by atoms with Crippen LogP contribution in [-0.4, -0.2) is 11.9 Å². The predicted octanol–water partition coefficient (Wildman–Crippen LogP) is -0.235. The molecule has 3 nitrogen and oxygen atoms in total. The van der Waals surface area contributed by atoms with E-state index in [-0.39, 0.29) is 17.9 Å². The van der Waals surface area contributed by atoms with Gasteiger partial charge in [-0.2, -0.15) is 0 Å². The van der Waals surface area contributed by atoms with E-state index in [2.05, 4.69) is 0 Å². The minimum Gasteiger partial charge on any atom is -0.369 e. The van der Waals surface area contributed by atoms with Gasteiger partial charge in [0.25, 0.3) is 0 Å². The molecule has 56 valence electrons. The van der Waals surface area contributed by atoms with Gasteiger partial charge in [-0.25, -0.2) is 0 Å². The summed E-state index contributed by atoms with van der Waals surface area (Å²) in [6, 6.07) is -0.161. The molecule has 0 aromatic rings. The predicted molar refractivity (Wildman–Crippen MR) is 39.0 cm³/mol. The summed E-state index contributed by atoms with van der Waals surface area (Å²) in [6.07, 6.45) is 5.55. The van der Waals surface area contributed by atoms with E-state index in [0.29, 0.717) is 0 Å². The van der Waals surface area contributed by atoms with Crippen LogP contribution < -0.4 is 11.5 Å². The maximum absolute atomic E-state index is 10.7. The van der Waals surface area contributed by atoms with Gasteiger partial charge in [-0.05, 0) is 12.8 Å². The molecule has 1 rings (SSSR count). The Labute approximate surface area is 60.1 Å². The lowest BCUT2D eigenvalue weighted by Crippen LogP contribution is -2.39. The summed E-state index contributed by atoms with van der Waals surface area (Å²) in [5.41, 5.74) is 10.7. The van der Waals surface area contributed by atoms with E-state index < -0.39 is 0 Å². The Bertz CT molecular complexity index is 165. The van der Waals surface area contributed by atoms with Gasteiger partial charge in [-0.3, -0.25) is 4.79 Å². The zero-order chi connectivity index (χ0) is 7.56. The van der Waals surface area contributed by atoms with Gasteiger partial charge in [0.2, 0.25) is 5.91 Å². The van der Waals surface area contributed by atoms with Crippen LogP contribution in [0.15, 0.2) is 12.2 Å². The third-order valence-electron chi connectivity index (χ3n) is 1.83. The normalized spacial score (nSPS) is 32.1. The van der Waals surface area contributed by atoms with Crippen molar-refractivity contribution in [1.82, 2.24) is 0 Å². The summed E-state index contributed by atoms with van der Waals surface area (Å²) in [7, 11) is 0. The molecule has 0 bridgehead atoms. The average molecular weight is 140 g/mol. The summed E-state index contributed by atoms with van der Waals surface area (Å²) in [4.78, 5) is 10.7. The van der Waals surface area contributed by atoms with Gasteiger partial charge in [0.05, 0.1) is 5.92 Å². The lowest BCUT2D eigenvalue weighted by molar-refractivity contribution is -0.122. The van der Waals surface area contributed by atoms with Crippen LogP contribution in [0, 0.1) is 5.92 Å². The molecule has 0 unspecified atom stereocenters. The van der Waals surface area contributed by atoms with Gasteiger partial charge in [0.15, 0.2) is 0 Å². The zero-order valence-electron chi connectivity index (χ0n) is 5.79. The molecule has 0 aromatic carbocycles. The van der Waals surface area contributed by atoms with Crippen molar-refractivity contribution in [3.8, 4) is 0 Å². The van der Waals surface area contributed by atoms with Crippen LogP contribution in [0.25, 0.3) is 0 Å². The van der Waals surface area contributed by atoms with E-state index >= 15 is 0 Å². The smallest absolute Gasteiger partial charge is 0.222 e. The fourth-order valence-electron chi connectivity index (χ4n) is 1.19. The number of hydrogen-bond donors (Lipinski definition) is 2. The molecule has 0 fully saturated rings. The van der Waals surface area contributed by atoms with Crippen LogP contribution >= 0.6 is 0 Å². The maximum Gasteiger partial charge on any atom is 0.222 e. The third-order valence-corrected chi connectivity index (χ3v) is 1.83. The van der Waals surface area contributed by atoms with Crippen LogP contribution in [0.1, 0.15) is 12.8 Å². The minimum atomic E-state index is -0.281. The highest BCUT2D eigenvalue weighted by molar-refractivity contribution is 5.77. The quantitative estimate of drug-likeness (QED) is 0.494. The Balaban J connectivity index is 2.60. The maximum atomic E-state index is 10.7. The molecule has 0 aromatic heterocycles. The van der Waals surface area contributed by atoms with Gasteiger partial charge in [0.1, 0.15) is 0 Å². The van der Waals surface area contributed by atoms with Gasteiger partial charge in [-0.1, -0.05) is 12.2 Å². The summed E-state index contributed by atoms with van der Waals surface area (Å²) in [6.45, 7) is 0. The molecule has 1 aliphatic carbocycles. The third kappa shape index (κ3) is 1.36. The van der Waals surface area contributed by atoms with Crippen molar-refractivity contribution in [2.45, 2.75) is 18.9 Å². The second-order valence-corrected chi connectivity index (χ2v) is 2.59. The molecule has 10 heavy (non-hydrogen) atoms. The minimum absolute atomic E-state index is 0.148. The number of primary amides is 1. The molecule has 1 amide bonds. The first-order valence-electron chi connectivity index (χ1n) is 3.43. The highest BCUT2D eigenvalue weighted by atomic mass is 16.1. The molecule has 0 radical (unpaired) electrons. The summed E-state index contributed by atoms with van der Waals surface area (Å²) >= 11 is 0. The summed E-state index contributed by atoms with van der Waals surface area (Å²) in [5, 5.41) is 0. The van der Waals surface area contributed by atoms with Crippen molar-refractivity contribution in [2.24, 2.45) is 17.4 Å². The number of carbonyl (C=O) groups is 1. The van der Waals surface area contributed by atoms with Crippen LogP contribution in [0.5, 0.6) is 0 Å². The molecule has 0 heterocycles. The van der Waals surface area contributed by atoms with E-state index in [9.17, 15) is 4.79 Å². The molecular formula is C7H12N2O. The second-order valence-electron chi connectivity index (χ2n) is 2.59. The van der Waals surface area contributed by atoms with Crippen LogP contribution in [0.3, 0.4) is 0 Å². The fourth-order valence-corrected chi connectivity index (χ4v) is 1.19. The van der Waals surface area contributed by atoms with Crippen molar-refractivity contribution >= 4 is 5.91 Å². The number of rotatable bonds is 1. The van der Waals surface area contributed by atoms with Gasteiger partial charge < -0.3 is 11.5 Å². The molecule has 4 N–H and O–H groups in total. The van der Waals surface area contributed by atoms with Crippen LogP contribution in [0.4, 0.5) is 0 Å². The van der Waals surface area contributed by atoms with Crippen molar-refractivity contribution < 1.29 is 4.79 Å². The van der Waals surface area contributed by atoms with E-state index in [1.165, 1.54) is 0 Å². The van der Waals surface area contributed by atoms with Crippen molar-refractivity contribution in [3.63, 3.8) is 0 Å². The van der Waals surface area contributed by atoms with Gasteiger partial charge in [-0.15, -0.1) is 0 Å². The van der Waals surface area contributed by atoms with Crippen LogP contribution in [-0.2, 0) is 4.79 Å². The average Bonchev–Trinajstić information content (AvgIpc) is 1.88. The highest BCUT2D eigenvalue weighted by Gasteiger charge is 2.22. The first-order chi connectivity index (χ1) is 4.72. The number of carbonyl (C=O) groups excluding carboxylic acids is 1. The highest BCUT2D eigenvalue weighted by Crippen LogP contribution is 2.16. The molecule has 2 atom stereocenters. The molecule has 0 spiro atoms. The topological polar surface area (TPSA) is 69.1 Å². The Morgan fingerprint density at radius 2 is 2.30 bits per heavy atom. The van der Waals surface area contributed by atoms with Crippen molar-refractivity contribution in [3.05, 3.63) is 12.2 Å². The Kier molecular flexibility index (Phi) is 2.06. The number of nitrogens with two attached hydrogens (primary N) is 2. The van der Waals surface area contributed by atoms with E-state index in [1.54, 1.807) is 0 Å². The number of allylic oxidation sites excluding steroid dienone is 1. The Morgan fingerprint density at radius 3 is 2.70 bits per heavy atom. The van der Waals surface area contributed by atoms with E-state index in [4.69, 9.17) is 11.5 Å². The standard InChI is InChI=1S/C7H12N2O/c8-6-4-2-1-3-5(6)7(9)10/h2,4-6H,1,3,8H2,(H2,9,10)/t5-,6+/m0/s1. The second kappa shape index (κ2) is 2.84. The monoisotopic (exact) mass is 140 g/mol. The molecular weight excluding hydrogens is 128 g/mol. The summed E-state index contributed by atoms with van der Waals surface area (Å²) in [5.74, 6) is -0.429. The van der Waals surface area contributed by atoms with Gasteiger partial charge >= 0.3 is 0 Å². The lowest BCUT2D eigenvalue weighted by atomic mass is 9.90. The van der Waals surface area contributed by atoms with Crippen LogP contribution in [0.2, 0.25) is 0 Å². The molecule has 0 saturated carbocycles. The van der Waals surface area contributed by atoms with Crippen molar-refractivity contribution in [1.29, 1.82) is 0 Å². The summed E-state index contributed by atoms with van der Waals surface area (Å²) < 4.78 is 0. The number of amides is 1. The Morgan fingerprint density at radius 1 is 1.60 bits per heavy atom. The first-order valence-corrected chi connectivity index (χ1v) is 3.43. The zero-order valence-corrected chi connectivity index (χ0v) is 5.79.